The first-order valence-corrected chi connectivity index (χ1v) is 3.52. The summed E-state index contributed by atoms with van der Waals surface area (Å²) in [6.45, 7) is 6.74. The van der Waals surface area contributed by atoms with Gasteiger partial charge in [0.15, 0.2) is 0 Å². The van der Waals surface area contributed by atoms with Crippen molar-refractivity contribution in [1.29, 1.82) is 0 Å². The Morgan fingerprint density at radius 1 is 1.75 bits per heavy atom. The summed E-state index contributed by atoms with van der Waals surface area (Å²) in [6, 6.07) is 0. The van der Waals surface area contributed by atoms with Crippen molar-refractivity contribution >= 4 is 8.03 Å². The molecule has 0 aromatic carbocycles. The second-order valence-corrected chi connectivity index (χ2v) is 3.83. The summed E-state index contributed by atoms with van der Waals surface area (Å²) < 4.78 is 10.3. The van der Waals surface area contributed by atoms with Crippen molar-refractivity contribution in [3.63, 3.8) is 0 Å². The zero-order valence-electron chi connectivity index (χ0n) is 5.09. The predicted octanol–water partition coefficient (Wildman–Crippen LogP) is 1.69. The molecule has 1 unspecified atom stereocenters. The molecule has 46 valence electrons. The number of rotatable bonds is 2. The second kappa shape index (κ2) is 2.38. The molecule has 0 saturated carbocycles. The van der Waals surface area contributed by atoms with Crippen molar-refractivity contribution in [2.24, 2.45) is 0 Å². The van der Waals surface area contributed by atoms with Crippen LogP contribution < -0.4 is 0 Å². The van der Waals surface area contributed by atoms with Gasteiger partial charge in [0.25, 0.3) is 0 Å². The Balaban J connectivity index is 4.12. The zero-order valence-corrected chi connectivity index (χ0v) is 5.98. The van der Waals surface area contributed by atoms with Crippen molar-refractivity contribution in [2.75, 3.05) is 0 Å². The van der Waals surface area contributed by atoms with Crippen LogP contribution >= 0.6 is 8.03 Å². The largest absolute Gasteiger partial charge is 0.515 e. The molecule has 0 fully saturated rings. The third kappa shape index (κ3) is 1.73. The topological polar surface area (TPSA) is 37.3 Å². The minimum Gasteiger partial charge on any atom is -0.160 e. The monoisotopic (exact) mass is 133 g/mol. The smallest absolute Gasteiger partial charge is 0.160 e. The van der Waals surface area contributed by atoms with Crippen molar-refractivity contribution < 1.29 is 9.46 Å². The average Bonchev–Trinajstić information content (AvgIpc) is 1.67. The standard InChI is InChI=1S/C5H9O2P/c1-4-5(2,3)8(6)7/h4H,1H2,2-3H3/p+1. The van der Waals surface area contributed by atoms with Gasteiger partial charge in [0.05, 0.1) is 0 Å². The van der Waals surface area contributed by atoms with Crippen LogP contribution in [-0.4, -0.2) is 10.0 Å². The summed E-state index contributed by atoms with van der Waals surface area (Å²) in [6.07, 6.45) is 1.48. The summed E-state index contributed by atoms with van der Waals surface area (Å²) in [7, 11) is -2.11. The first kappa shape index (κ1) is 7.80. The Labute approximate surface area is 50.1 Å². The fraction of sp³-hybridized carbons (Fsp3) is 0.600. The molecular weight excluding hydrogens is 123 g/mol. The van der Waals surface area contributed by atoms with Gasteiger partial charge in [-0.25, -0.2) is 0 Å². The van der Waals surface area contributed by atoms with E-state index in [-0.39, 0.29) is 0 Å². The van der Waals surface area contributed by atoms with E-state index in [9.17, 15) is 4.57 Å². The maximum Gasteiger partial charge on any atom is 0.515 e. The lowest BCUT2D eigenvalue weighted by molar-refractivity contribution is 0.482. The third-order valence-corrected chi connectivity index (χ3v) is 2.16. The lowest BCUT2D eigenvalue weighted by atomic mass is 10.2. The van der Waals surface area contributed by atoms with E-state index >= 15 is 0 Å². The quantitative estimate of drug-likeness (QED) is 0.459. The van der Waals surface area contributed by atoms with Gasteiger partial charge < -0.3 is 0 Å². The highest BCUT2D eigenvalue weighted by Gasteiger charge is 2.34. The zero-order chi connectivity index (χ0) is 6.78. The molecule has 0 bridgehead atoms. The Hall–Kier alpha value is -0.200. The summed E-state index contributed by atoms with van der Waals surface area (Å²) in [4.78, 5) is 8.52. The van der Waals surface area contributed by atoms with Crippen molar-refractivity contribution in [1.82, 2.24) is 0 Å². The van der Waals surface area contributed by atoms with Crippen LogP contribution in [0.2, 0.25) is 0 Å². The van der Waals surface area contributed by atoms with Gasteiger partial charge in [0.2, 0.25) is 5.16 Å². The van der Waals surface area contributed by atoms with E-state index in [1.165, 1.54) is 6.08 Å². The average molecular weight is 133 g/mol. The minimum atomic E-state index is -2.11. The maximum absolute atomic E-state index is 10.3. The Morgan fingerprint density at radius 2 is 2.12 bits per heavy atom. The van der Waals surface area contributed by atoms with Gasteiger partial charge in [0, 0.05) is 0 Å². The molecule has 3 heteroatoms. The van der Waals surface area contributed by atoms with E-state index in [1.54, 1.807) is 13.8 Å². The van der Waals surface area contributed by atoms with Gasteiger partial charge >= 0.3 is 8.03 Å². The predicted molar refractivity (Wildman–Crippen MR) is 34.1 cm³/mol. The van der Waals surface area contributed by atoms with E-state index in [0.29, 0.717) is 0 Å². The minimum absolute atomic E-state index is 0.630. The van der Waals surface area contributed by atoms with E-state index in [1.807, 2.05) is 0 Å². The van der Waals surface area contributed by atoms with E-state index < -0.39 is 13.2 Å². The van der Waals surface area contributed by atoms with Crippen molar-refractivity contribution in [3.8, 4) is 0 Å². The summed E-state index contributed by atoms with van der Waals surface area (Å²) in [5.74, 6) is 0. The first-order valence-electron chi connectivity index (χ1n) is 2.30. The summed E-state index contributed by atoms with van der Waals surface area (Å²) in [5.41, 5.74) is 0. The molecule has 0 aliphatic carbocycles. The van der Waals surface area contributed by atoms with Gasteiger partial charge in [0.1, 0.15) is 0 Å². The highest BCUT2D eigenvalue weighted by molar-refractivity contribution is 7.40. The number of hydrogen-bond acceptors (Lipinski definition) is 1. The Morgan fingerprint density at radius 3 is 2.12 bits per heavy atom. The van der Waals surface area contributed by atoms with Crippen LogP contribution in [0.3, 0.4) is 0 Å². The van der Waals surface area contributed by atoms with Crippen LogP contribution in [0.25, 0.3) is 0 Å². The van der Waals surface area contributed by atoms with Crippen LogP contribution in [-0.2, 0) is 4.57 Å². The number of hydrogen-bond donors (Lipinski definition) is 1. The molecule has 0 saturated heterocycles. The molecule has 1 atom stereocenters. The molecule has 0 amide bonds. The molecular formula is C5H10O2P+. The second-order valence-electron chi connectivity index (χ2n) is 2.13. The molecule has 0 aliphatic heterocycles. The van der Waals surface area contributed by atoms with Gasteiger partial charge in [-0.1, -0.05) is 6.58 Å². The Kier molecular flexibility index (Phi) is 2.32. The molecule has 0 aromatic rings. The molecule has 0 heterocycles. The molecule has 0 aromatic heterocycles. The maximum atomic E-state index is 10.3. The number of allylic oxidation sites excluding steroid dienone is 1. The fourth-order valence-corrected chi connectivity index (χ4v) is 0.234. The van der Waals surface area contributed by atoms with Gasteiger partial charge in [-0.3, -0.25) is 0 Å². The van der Waals surface area contributed by atoms with Crippen LogP contribution in [0.1, 0.15) is 13.8 Å². The summed E-state index contributed by atoms with van der Waals surface area (Å²) >= 11 is 0. The normalized spacial score (nSPS) is 13.1. The van der Waals surface area contributed by atoms with Crippen LogP contribution in [0, 0.1) is 0 Å². The van der Waals surface area contributed by atoms with Crippen molar-refractivity contribution in [2.45, 2.75) is 19.0 Å². The fourth-order valence-electron chi connectivity index (χ4n) is 0.0781. The SMILES string of the molecule is C=CC(C)(C)[P+](=O)O. The molecule has 2 nitrogen and oxygen atoms in total. The molecule has 1 N–H and O–H groups in total. The summed E-state index contributed by atoms with van der Waals surface area (Å²) in [5, 5.41) is -0.630. The lowest BCUT2D eigenvalue weighted by Gasteiger charge is -1.98. The van der Waals surface area contributed by atoms with E-state index in [0.717, 1.165) is 0 Å². The Bertz CT molecular complexity index is 118. The first-order chi connectivity index (χ1) is 3.50. The molecule has 8 heavy (non-hydrogen) atoms. The van der Waals surface area contributed by atoms with Crippen LogP contribution in [0.5, 0.6) is 0 Å². The van der Waals surface area contributed by atoms with Gasteiger partial charge in [-0.2, -0.15) is 4.89 Å². The molecule has 0 spiro atoms. The lowest BCUT2D eigenvalue weighted by Crippen LogP contribution is -2.07. The van der Waals surface area contributed by atoms with Crippen LogP contribution in [0.4, 0.5) is 0 Å². The van der Waals surface area contributed by atoms with E-state index in [2.05, 4.69) is 6.58 Å². The molecule has 0 radical (unpaired) electrons. The van der Waals surface area contributed by atoms with Crippen molar-refractivity contribution in [3.05, 3.63) is 12.7 Å². The highest BCUT2D eigenvalue weighted by Crippen LogP contribution is 2.34. The molecule has 0 rings (SSSR count). The van der Waals surface area contributed by atoms with Crippen LogP contribution in [0.15, 0.2) is 12.7 Å². The highest BCUT2D eigenvalue weighted by atomic mass is 31.1. The van der Waals surface area contributed by atoms with E-state index in [4.69, 9.17) is 4.89 Å². The van der Waals surface area contributed by atoms with Gasteiger partial charge in [-0.05, 0) is 24.5 Å². The van der Waals surface area contributed by atoms with Gasteiger partial charge in [-0.15, -0.1) is 0 Å². The third-order valence-electron chi connectivity index (χ3n) is 0.993. The molecule has 0 aliphatic rings.